The van der Waals surface area contributed by atoms with Crippen molar-refractivity contribution in [1.29, 1.82) is 0 Å². The molecule has 5 heteroatoms. The molecular weight excluding hydrogens is 186 g/mol. The van der Waals surface area contributed by atoms with Crippen LogP contribution in [0.2, 0.25) is 0 Å². The zero-order chi connectivity index (χ0) is 9.68. The van der Waals surface area contributed by atoms with Crippen molar-refractivity contribution in [2.75, 3.05) is 7.05 Å². The van der Waals surface area contributed by atoms with Gasteiger partial charge in [-0.3, -0.25) is 5.43 Å². The summed E-state index contributed by atoms with van der Waals surface area (Å²) in [6.45, 7) is 1.88. The lowest BCUT2D eigenvalue weighted by atomic mass is 10.4. The molecular formula is C8H11N3OS. The smallest absolute Gasteiger partial charge is 0.186 e. The van der Waals surface area contributed by atoms with Gasteiger partial charge in [-0.25, -0.2) is 0 Å². The van der Waals surface area contributed by atoms with E-state index >= 15 is 0 Å². The predicted molar refractivity (Wildman–Crippen MR) is 55.8 cm³/mol. The number of hydrogen-bond acceptors (Lipinski definition) is 3. The van der Waals surface area contributed by atoms with Crippen LogP contribution in [0, 0.1) is 6.92 Å². The van der Waals surface area contributed by atoms with Gasteiger partial charge in [-0.15, -0.1) is 0 Å². The number of thiocarbonyl (C=S) groups is 1. The first-order chi connectivity index (χ1) is 6.22. The summed E-state index contributed by atoms with van der Waals surface area (Å²) in [5, 5.41) is 7.06. The van der Waals surface area contributed by atoms with Gasteiger partial charge in [0.05, 0.1) is 6.21 Å². The molecule has 2 N–H and O–H groups in total. The second-order valence-electron chi connectivity index (χ2n) is 2.40. The van der Waals surface area contributed by atoms with E-state index in [1.165, 1.54) is 0 Å². The van der Waals surface area contributed by atoms with Gasteiger partial charge in [-0.2, -0.15) is 5.10 Å². The number of hydrazone groups is 1. The summed E-state index contributed by atoms with van der Waals surface area (Å²) in [6.07, 6.45) is 1.57. The SMILES string of the molecule is CNC(=S)NN=Cc1ccc(C)o1. The number of rotatable bonds is 2. The molecule has 0 amide bonds. The molecule has 0 aromatic carbocycles. The molecule has 0 saturated carbocycles. The predicted octanol–water partition coefficient (Wildman–Crippen LogP) is 1.02. The lowest BCUT2D eigenvalue weighted by molar-refractivity contribution is 0.527. The maximum Gasteiger partial charge on any atom is 0.186 e. The van der Waals surface area contributed by atoms with Crippen molar-refractivity contribution in [3.63, 3.8) is 0 Å². The molecule has 1 aromatic heterocycles. The van der Waals surface area contributed by atoms with E-state index in [1.54, 1.807) is 13.3 Å². The lowest BCUT2D eigenvalue weighted by Gasteiger charge is -1.97. The molecule has 0 spiro atoms. The molecule has 0 radical (unpaired) electrons. The number of nitrogens with zero attached hydrogens (tertiary/aromatic N) is 1. The van der Waals surface area contributed by atoms with Crippen LogP contribution >= 0.6 is 12.2 Å². The van der Waals surface area contributed by atoms with Crippen molar-refractivity contribution in [3.8, 4) is 0 Å². The van der Waals surface area contributed by atoms with Crippen LogP contribution in [-0.4, -0.2) is 18.4 Å². The first kappa shape index (κ1) is 9.73. The summed E-state index contributed by atoms with van der Waals surface area (Å²) in [4.78, 5) is 0. The van der Waals surface area contributed by atoms with Crippen LogP contribution in [0.15, 0.2) is 21.7 Å². The molecule has 13 heavy (non-hydrogen) atoms. The molecule has 1 heterocycles. The Morgan fingerprint density at radius 2 is 2.38 bits per heavy atom. The van der Waals surface area contributed by atoms with Gasteiger partial charge < -0.3 is 9.73 Å². The van der Waals surface area contributed by atoms with Gasteiger partial charge in [0.15, 0.2) is 5.11 Å². The van der Waals surface area contributed by atoms with Crippen molar-refractivity contribution >= 4 is 23.5 Å². The summed E-state index contributed by atoms with van der Waals surface area (Å²) in [5.41, 5.74) is 2.62. The maximum atomic E-state index is 5.25. The Balaban J connectivity index is 2.45. The first-order valence-corrected chi connectivity index (χ1v) is 4.20. The number of aryl methyl sites for hydroxylation is 1. The number of nitrogens with one attached hydrogen (secondary N) is 2. The maximum absolute atomic E-state index is 5.25. The Bertz CT molecular complexity index is 319. The molecule has 0 unspecified atom stereocenters. The van der Waals surface area contributed by atoms with E-state index in [2.05, 4.69) is 15.8 Å². The molecule has 0 aliphatic heterocycles. The number of hydrogen-bond donors (Lipinski definition) is 2. The largest absolute Gasteiger partial charge is 0.460 e. The molecule has 1 aromatic rings. The molecule has 0 saturated heterocycles. The third kappa shape index (κ3) is 3.25. The van der Waals surface area contributed by atoms with E-state index in [0.29, 0.717) is 10.9 Å². The molecule has 4 nitrogen and oxygen atoms in total. The van der Waals surface area contributed by atoms with Gasteiger partial charge in [-0.1, -0.05) is 0 Å². The fourth-order valence-electron chi connectivity index (χ4n) is 0.733. The van der Waals surface area contributed by atoms with E-state index in [1.807, 2.05) is 19.1 Å². The van der Waals surface area contributed by atoms with Crippen LogP contribution in [0.4, 0.5) is 0 Å². The summed E-state index contributed by atoms with van der Waals surface area (Å²) >= 11 is 4.81. The van der Waals surface area contributed by atoms with Crippen molar-refractivity contribution in [1.82, 2.24) is 10.7 Å². The standard InChI is InChI=1S/C8H11N3OS/c1-6-3-4-7(12-6)5-10-11-8(13)9-2/h3-5H,1-2H3,(H2,9,11,13). The van der Waals surface area contributed by atoms with Crippen molar-refractivity contribution in [3.05, 3.63) is 23.7 Å². The highest BCUT2D eigenvalue weighted by molar-refractivity contribution is 7.80. The Labute approximate surface area is 82.0 Å². The van der Waals surface area contributed by atoms with Crippen molar-refractivity contribution in [2.45, 2.75) is 6.92 Å². The molecule has 0 fully saturated rings. The van der Waals surface area contributed by atoms with Crippen LogP contribution in [0.25, 0.3) is 0 Å². The topological polar surface area (TPSA) is 49.6 Å². The third-order valence-electron chi connectivity index (χ3n) is 1.35. The molecule has 70 valence electrons. The third-order valence-corrected chi connectivity index (χ3v) is 1.64. The van der Waals surface area contributed by atoms with Crippen LogP contribution in [0.3, 0.4) is 0 Å². The minimum Gasteiger partial charge on any atom is -0.460 e. The quantitative estimate of drug-likeness (QED) is 0.422. The molecule has 0 aliphatic rings. The summed E-state index contributed by atoms with van der Waals surface area (Å²) in [7, 11) is 1.72. The van der Waals surface area contributed by atoms with Gasteiger partial charge in [-0.05, 0) is 31.3 Å². The van der Waals surface area contributed by atoms with E-state index in [-0.39, 0.29) is 0 Å². The van der Waals surface area contributed by atoms with Gasteiger partial charge in [0.2, 0.25) is 0 Å². The normalized spacial score (nSPS) is 10.3. The fraction of sp³-hybridized carbons (Fsp3) is 0.250. The highest BCUT2D eigenvalue weighted by atomic mass is 32.1. The summed E-state index contributed by atoms with van der Waals surface area (Å²) < 4.78 is 5.25. The minimum atomic E-state index is 0.472. The molecule has 1 rings (SSSR count). The Morgan fingerprint density at radius 3 is 2.92 bits per heavy atom. The Kier molecular flexibility index (Phi) is 3.45. The average Bonchev–Trinajstić information content (AvgIpc) is 2.51. The molecule has 0 bridgehead atoms. The zero-order valence-electron chi connectivity index (χ0n) is 7.50. The van der Waals surface area contributed by atoms with Crippen LogP contribution in [0.5, 0.6) is 0 Å². The Hall–Kier alpha value is -1.36. The second kappa shape index (κ2) is 4.61. The van der Waals surface area contributed by atoms with E-state index in [9.17, 15) is 0 Å². The summed E-state index contributed by atoms with van der Waals surface area (Å²) in [5.74, 6) is 1.56. The monoisotopic (exact) mass is 197 g/mol. The average molecular weight is 197 g/mol. The van der Waals surface area contributed by atoms with Gasteiger partial charge in [0.1, 0.15) is 11.5 Å². The van der Waals surface area contributed by atoms with Crippen molar-refractivity contribution < 1.29 is 4.42 Å². The minimum absolute atomic E-state index is 0.472. The second-order valence-corrected chi connectivity index (χ2v) is 2.81. The van der Waals surface area contributed by atoms with Crippen LogP contribution < -0.4 is 10.7 Å². The fourth-order valence-corrected chi connectivity index (χ4v) is 0.786. The highest BCUT2D eigenvalue weighted by Gasteiger charge is 1.92. The van der Waals surface area contributed by atoms with Gasteiger partial charge in [0.25, 0.3) is 0 Å². The van der Waals surface area contributed by atoms with Crippen LogP contribution in [0.1, 0.15) is 11.5 Å². The van der Waals surface area contributed by atoms with E-state index in [0.717, 1.165) is 5.76 Å². The first-order valence-electron chi connectivity index (χ1n) is 3.79. The zero-order valence-corrected chi connectivity index (χ0v) is 8.31. The van der Waals surface area contributed by atoms with Crippen molar-refractivity contribution in [2.24, 2.45) is 5.10 Å². The Morgan fingerprint density at radius 1 is 1.62 bits per heavy atom. The van der Waals surface area contributed by atoms with Gasteiger partial charge in [0, 0.05) is 7.05 Å². The number of furan rings is 1. The molecule has 0 aliphatic carbocycles. The highest BCUT2D eigenvalue weighted by Crippen LogP contribution is 2.02. The summed E-state index contributed by atoms with van der Waals surface area (Å²) in [6, 6.07) is 3.71. The van der Waals surface area contributed by atoms with Gasteiger partial charge >= 0.3 is 0 Å². The van der Waals surface area contributed by atoms with Crippen LogP contribution in [-0.2, 0) is 0 Å². The van der Waals surface area contributed by atoms with E-state index in [4.69, 9.17) is 16.6 Å². The van der Waals surface area contributed by atoms with E-state index < -0.39 is 0 Å². The lowest BCUT2D eigenvalue weighted by Crippen LogP contribution is -2.28. The molecule has 0 atom stereocenters.